The van der Waals surface area contributed by atoms with Crippen LogP contribution in [-0.2, 0) is 16.1 Å². The zero-order chi connectivity index (χ0) is 23.2. The summed E-state index contributed by atoms with van der Waals surface area (Å²) in [5, 5.41) is 3.90. The van der Waals surface area contributed by atoms with Crippen molar-refractivity contribution in [3.8, 4) is 5.75 Å². The third-order valence-electron chi connectivity index (χ3n) is 4.42. The molecule has 0 saturated carbocycles. The Labute approximate surface area is 202 Å². The van der Waals surface area contributed by atoms with Crippen LogP contribution in [0.4, 0.5) is 0 Å². The first-order valence-corrected chi connectivity index (χ1v) is 11.5. The van der Waals surface area contributed by atoms with Crippen LogP contribution in [0, 0.1) is 0 Å². The third kappa shape index (κ3) is 8.02. The van der Waals surface area contributed by atoms with Crippen molar-refractivity contribution in [1.29, 1.82) is 0 Å². The molecule has 0 saturated heterocycles. The summed E-state index contributed by atoms with van der Waals surface area (Å²) in [7, 11) is 0. The van der Waals surface area contributed by atoms with E-state index in [0.717, 1.165) is 4.47 Å². The van der Waals surface area contributed by atoms with Gasteiger partial charge in [-0.15, -0.1) is 0 Å². The van der Waals surface area contributed by atoms with Crippen LogP contribution >= 0.6 is 39.1 Å². The van der Waals surface area contributed by atoms with Crippen LogP contribution < -0.4 is 10.1 Å². The lowest BCUT2D eigenvalue weighted by molar-refractivity contribution is -0.143. The Morgan fingerprint density at radius 1 is 1.13 bits per heavy atom. The van der Waals surface area contributed by atoms with Crippen LogP contribution in [0.3, 0.4) is 0 Å². The van der Waals surface area contributed by atoms with Crippen molar-refractivity contribution >= 4 is 50.9 Å². The van der Waals surface area contributed by atoms with E-state index in [4.69, 9.17) is 27.9 Å². The van der Waals surface area contributed by atoms with Gasteiger partial charge < -0.3 is 15.0 Å². The molecule has 2 amide bonds. The van der Waals surface area contributed by atoms with Gasteiger partial charge in [-0.2, -0.15) is 0 Å². The summed E-state index contributed by atoms with van der Waals surface area (Å²) in [6, 6.07) is 11.6. The van der Waals surface area contributed by atoms with Gasteiger partial charge in [0.25, 0.3) is 5.91 Å². The number of benzene rings is 2. The Hall–Kier alpha value is -1.76. The maximum absolute atomic E-state index is 13.2. The maximum Gasteiger partial charge on any atom is 0.261 e. The van der Waals surface area contributed by atoms with Gasteiger partial charge in [-0.05, 0) is 69.2 Å². The van der Waals surface area contributed by atoms with Crippen molar-refractivity contribution in [3.05, 3.63) is 62.5 Å². The summed E-state index contributed by atoms with van der Waals surface area (Å²) >= 11 is 15.7. The van der Waals surface area contributed by atoms with Crippen molar-refractivity contribution in [2.45, 2.75) is 52.2 Å². The molecule has 0 bridgehead atoms. The van der Waals surface area contributed by atoms with Crippen molar-refractivity contribution in [3.63, 3.8) is 0 Å². The molecule has 2 rings (SSSR count). The largest absolute Gasteiger partial charge is 0.484 e. The van der Waals surface area contributed by atoms with Crippen LogP contribution in [-0.4, -0.2) is 34.9 Å². The number of carbonyl (C=O) groups is 2. The van der Waals surface area contributed by atoms with E-state index < -0.39 is 11.6 Å². The minimum absolute atomic E-state index is 0.161. The van der Waals surface area contributed by atoms with Gasteiger partial charge in [0, 0.05) is 26.6 Å². The van der Waals surface area contributed by atoms with Gasteiger partial charge in [-0.3, -0.25) is 9.59 Å². The van der Waals surface area contributed by atoms with E-state index in [2.05, 4.69) is 21.2 Å². The smallest absolute Gasteiger partial charge is 0.261 e. The summed E-state index contributed by atoms with van der Waals surface area (Å²) in [6.45, 7) is 7.52. The predicted octanol–water partition coefficient (Wildman–Crippen LogP) is 5.86. The lowest BCUT2D eigenvalue weighted by Gasteiger charge is -2.33. The molecule has 0 unspecified atom stereocenters. The molecule has 0 aromatic heterocycles. The van der Waals surface area contributed by atoms with Crippen LogP contribution in [0.25, 0.3) is 0 Å². The van der Waals surface area contributed by atoms with E-state index in [0.29, 0.717) is 27.8 Å². The number of hydrogen-bond donors (Lipinski definition) is 1. The third-order valence-corrected chi connectivity index (χ3v) is 5.53. The monoisotopic (exact) mass is 528 g/mol. The Bertz CT molecular complexity index is 914. The highest BCUT2D eigenvalue weighted by atomic mass is 79.9. The van der Waals surface area contributed by atoms with Gasteiger partial charge in [0.15, 0.2) is 6.61 Å². The minimum atomic E-state index is -0.674. The molecule has 0 radical (unpaired) electrons. The van der Waals surface area contributed by atoms with E-state index in [9.17, 15) is 9.59 Å². The van der Waals surface area contributed by atoms with Crippen molar-refractivity contribution < 1.29 is 14.3 Å². The number of carbonyl (C=O) groups excluding carboxylic acids is 2. The van der Waals surface area contributed by atoms with E-state index in [1.165, 1.54) is 4.90 Å². The van der Waals surface area contributed by atoms with Gasteiger partial charge in [0.2, 0.25) is 5.91 Å². The fourth-order valence-corrected chi connectivity index (χ4v) is 3.70. The fourth-order valence-electron chi connectivity index (χ4n) is 2.96. The Balaban J connectivity index is 2.27. The normalized spacial score (nSPS) is 12.2. The number of nitrogens with one attached hydrogen (secondary N) is 1. The first kappa shape index (κ1) is 25.5. The highest BCUT2D eigenvalue weighted by Crippen LogP contribution is 2.24. The highest BCUT2D eigenvalue weighted by Gasteiger charge is 2.31. The van der Waals surface area contributed by atoms with Gasteiger partial charge >= 0.3 is 0 Å². The molecule has 0 aliphatic rings. The van der Waals surface area contributed by atoms with Crippen molar-refractivity contribution in [1.82, 2.24) is 10.2 Å². The average Bonchev–Trinajstić information content (AvgIpc) is 2.67. The molecule has 0 aliphatic carbocycles. The number of amides is 2. The topological polar surface area (TPSA) is 58.6 Å². The molecule has 2 aromatic carbocycles. The molecule has 8 heteroatoms. The Morgan fingerprint density at radius 3 is 2.32 bits per heavy atom. The molecule has 0 heterocycles. The number of hydrogen-bond acceptors (Lipinski definition) is 3. The van der Waals surface area contributed by atoms with Gasteiger partial charge in [0.05, 0.1) is 0 Å². The molecule has 168 valence electrons. The molecular weight excluding hydrogens is 503 g/mol. The maximum atomic E-state index is 13.2. The molecule has 0 fully saturated rings. The summed E-state index contributed by atoms with van der Waals surface area (Å²) in [5.41, 5.74) is 0.274. The second-order valence-corrected chi connectivity index (χ2v) is 9.92. The van der Waals surface area contributed by atoms with Gasteiger partial charge in [-0.1, -0.05) is 52.1 Å². The van der Waals surface area contributed by atoms with Crippen molar-refractivity contribution in [2.24, 2.45) is 0 Å². The lowest BCUT2D eigenvalue weighted by atomic mass is 10.1. The zero-order valence-electron chi connectivity index (χ0n) is 18.0. The van der Waals surface area contributed by atoms with Crippen molar-refractivity contribution in [2.75, 3.05) is 6.61 Å². The van der Waals surface area contributed by atoms with E-state index >= 15 is 0 Å². The average molecular weight is 530 g/mol. The first-order valence-electron chi connectivity index (χ1n) is 9.94. The van der Waals surface area contributed by atoms with Crippen LogP contribution in [0.2, 0.25) is 10.0 Å². The second-order valence-electron chi connectivity index (χ2n) is 8.16. The SMILES string of the molecule is CC[C@@H](C(=O)NC(C)(C)C)N(Cc1ccc(Cl)cc1Cl)C(=O)COc1ccc(Br)cc1. The molecule has 0 aliphatic heterocycles. The summed E-state index contributed by atoms with van der Waals surface area (Å²) in [5.74, 6) is 0.0233. The first-order chi connectivity index (χ1) is 14.5. The number of halogens is 3. The molecule has 0 spiro atoms. The predicted molar refractivity (Wildman–Crippen MR) is 129 cm³/mol. The standard InChI is InChI=1S/C23H27BrCl2N2O3/c1-5-20(22(30)27-23(2,3)4)28(13-15-6-9-17(25)12-19(15)26)21(29)14-31-18-10-7-16(24)8-11-18/h6-12,20H,5,13-14H2,1-4H3,(H,27,30)/t20-/m0/s1. The molecule has 31 heavy (non-hydrogen) atoms. The summed E-state index contributed by atoms with van der Waals surface area (Å²) in [4.78, 5) is 27.7. The fraction of sp³-hybridized carbons (Fsp3) is 0.391. The van der Waals surface area contributed by atoms with Crippen LogP contribution in [0.1, 0.15) is 39.7 Å². The number of ether oxygens (including phenoxy) is 1. The summed E-state index contributed by atoms with van der Waals surface area (Å²) < 4.78 is 6.58. The molecule has 1 N–H and O–H groups in total. The lowest BCUT2D eigenvalue weighted by Crippen LogP contribution is -2.54. The number of rotatable bonds is 8. The molecular formula is C23H27BrCl2N2O3. The van der Waals surface area contributed by atoms with E-state index in [1.807, 2.05) is 39.8 Å². The van der Waals surface area contributed by atoms with E-state index in [1.54, 1.807) is 30.3 Å². The summed E-state index contributed by atoms with van der Waals surface area (Å²) in [6.07, 6.45) is 0.442. The molecule has 1 atom stereocenters. The van der Waals surface area contributed by atoms with Gasteiger partial charge in [-0.25, -0.2) is 0 Å². The molecule has 2 aromatic rings. The van der Waals surface area contributed by atoms with E-state index in [-0.39, 0.29) is 25.0 Å². The molecule has 5 nitrogen and oxygen atoms in total. The second kappa shape index (κ2) is 11.2. The number of nitrogens with zero attached hydrogens (tertiary/aromatic N) is 1. The van der Waals surface area contributed by atoms with Crippen LogP contribution in [0.5, 0.6) is 5.75 Å². The Morgan fingerprint density at radius 2 is 1.77 bits per heavy atom. The minimum Gasteiger partial charge on any atom is -0.484 e. The van der Waals surface area contributed by atoms with Crippen LogP contribution in [0.15, 0.2) is 46.9 Å². The van der Waals surface area contributed by atoms with Gasteiger partial charge in [0.1, 0.15) is 11.8 Å². The zero-order valence-corrected chi connectivity index (χ0v) is 21.1. The highest BCUT2D eigenvalue weighted by molar-refractivity contribution is 9.10. The Kier molecular flexibility index (Phi) is 9.22. The quantitative estimate of drug-likeness (QED) is 0.466.